The molecule has 0 amide bonds. The van der Waals surface area contributed by atoms with Gasteiger partial charge in [-0.25, -0.2) is 0 Å². The van der Waals surface area contributed by atoms with Crippen molar-refractivity contribution in [2.45, 2.75) is 105 Å². The van der Waals surface area contributed by atoms with Crippen molar-refractivity contribution in [3.05, 3.63) is 0 Å². The Bertz CT molecular complexity index is 258. The molecule has 21 heavy (non-hydrogen) atoms. The quantitative estimate of drug-likeness (QED) is 0.455. The Labute approximate surface area is 134 Å². The molecule has 2 nitrogen and oxygen atoms in total. The number of nitriles is 1. The van der Waals surface area contributed by atoms with Gasteiger partial charge in [0.2, 0.25) is 0 Å². The molecule has 0 aromatic heterocycles. The summed E-state index contributed by atoms with van der Waals surface area (Å²) in [6, 6.07) is 2.29. The summed E-state index contributed by atoms with van der Waals surface area (Å²) < 4.78 is 5.73. The van der Waals surface area contributed by atoms with E-state index in [9.17, 15) is 0 Å². The SMILES string of the molecule is CCCCCC.CCCCCCOC(C)(C#N)C(C)(C)C. The van der Waals surface area contributed by atoms with Crippen LogP contribution >= 0.6 is 0 Å². The van der Waals surface area contributed by atoms with Gasteiger partial charge in [-0.2, -0.15) is 5.26 Å². The van der Waals surface area contributed by atoms with Gasteiger partial charge in [0, 0.05) is 12.0 Å². The Morgan fingerprint density at radius 3 is 1.52 bits per heavy atom. The topological polar surface area (TPSA) is 33.0 Å². The van der Waals surface area contributed by atoms with Gasteiger partial charge in [-0.1, -0.05) is 86.5 Å². The first-order valence-corrected chi connectivity index (χ1v) is 8.84. The Morgan fingerprint density at radius 1 is 0.762 bits per heavy atom. The number of nitrogens with zero attached hydrogens (tertiary/aromatic N) is 1. The van der Waals surface area contributed by atoms with Gasteiger partial charge in [-0.05, 0) is 13.3 Å². The average Bonchev–Trinajstić information content (AvgIpc) is 2.44. The molecule has 0 saturated heterocycles. The van der Waals surface area contributed by atoms with Crippen LogP contribution in [0.5, 0.6) is 0 Å². The Balaban J connectivity index is 0. The number of rotatable bonds is 9. The number of hydrogen-bond donors (Lipinski definition) is 0. The van der Waals surface area contributed by atoms with E-state index in [1.807, 2.05) is 27.7 Å². The first kappa shape index (κ1) is 22.7. The highest BCUT2D eigenvalue weighted by Crippen LogP contribution is 2.33. The Kier molecular flexibility index (Phi) is 14.2. The maximum absolute atomic E-state index is 9.15. The molecule has 0 heterocycles. The monoisotopic (exact) mass is 297 g/mol. The van der Waals surface area contributed by atoms with Crippen LogP contribution in [0, 0.1) is 16.7 Å². The predicted molar refractivity (Wildman–Crippen MR) is 93.4 cm³/mol. The standard InChI is InChI=1S/C13H25NO.C6H14/c1-6-7-8-9-10-15-13(5,11-14)12(2,3)4;1-3-5-6-4-2/h6-10H2,1-5H3;3-6H2,1-2H3. The molecule has 0 rings (SSSR count). The molecule has 0 N–H and O–H groups in total. The minimum atomic E-state index is -0.667. The smallest absolute Gasteiger partial charge is 0.156 e. The van der Waals surface area contributed by atoms with Crippen molar-refractivity contribution in [2.24, 2.45) is 5.41 Å². The fraction of sp³-hybridized carbons (Fsp3) is 0.947. The van der Waals surface area contributed by atoms with Gasteiger partial charge in [0.05, 0.1) is 6.07 Å². The van der Waals surface area contributed by atoms with Crippen molar-refractivity contribution in [1.29, 1.82) is 5.26 Å². The maximum Gasteiger partial charge on any atom is 0.156 e. The Hall–Kier alpha value is -0.550. The minimum Gasteiger partial charge on any atom is -0.360 e. The fourth-order valence-corrected chi connectivity index (χ4v) is 1.72. The van der Waals surface area contributed by atoms with Crippen LogP contribution in [0.25, 0.3) is 0 Å². The van der Waals surface area contributed by atoms with Gasteiger partial charge in [0.15, 0.2) is 5.60 Å². The highest BCUT2D eigenvalue weighted by atomic mass is 16.5. The van der Waals surface area contributed by atoms with E-state index < -0.39 is 5.60 Å². The highest BCUT2D eigenvalue weighted by Gasteiger charge is 2.38. The molecule has 2 heteroatoms. The second kappa shape index (κ2) is 13.1. The largest absolute Gasteiger partial charge is 0.360 e. The number of ether oxygens (including phenoxy) is 1. The van der Waals surface area contributed by atoms with E-state index in [2.05, 4.69) is 26.8 Å². The number of hydrogen-bond acceptors (Lipinski definition) is 2. The van der Waals surface area contributed by atoms with Gasteiger partial charge in [0.25, 0.3) is 0 Å². The molecule has 0 aliphatic rings. The highest BCUT2D eigenvalue weighted by molar-refractivity contribution is 5.06. The summed E-state index contributed by atoms with van der Waals surface area (Å²) in [5.41, 5.74) is -0.800. The molecule has 0 fully saturated rings. The summed E-state index contributed by atoms with van der Waals surface area (Å²) in [6.07, 6.45) is 10.3. The summed E-state index contributed by atoms with van der Waals surface area (Å²) in [7, 11) is 0. The second-order valence-corrected chi connectivity index (χ2v) is 7.01. The van der Waals surface area contributed by atoms with E-state index in [0.717, 1.165) is 6.42 Å². The van der Waals surface area contributed by atoms with Crippen molar-refractivity contribution < 1.29 is 4.74 Å². The first-order valence-electron chi connectivity index (χ1n) is 8.84. The summed E-state index contributed by atoms with van der Waals surface area (Å²) in [4.78, 5) is 0. The van der Waals surface area contributed by atoms with Crippen molar-refractivity contribution in [2.75, 3.05) is 6.61 Å². The molecule has 0 bridgehead atoms. The van der Waals surface area contributed by atoms with E-state index in [1.165, 1.54) is 44.9 Å². The van der Waals surface area contributed by atoms with Crippen molar-refractivity contribution in [3.63, 3.8) is 0 Å². The lowest BCUT2D eigenvalue weighted by atomic mass is 9.78. The normalized spacial score (nSPS) is 13.8. The van der Waals surface area contributed by atoms with Gasteiger partial charge in [0.1, 0.15) is 0 Å². The molecule has 1 unspecified atom stereocenters. The van der Waals surface area contributed by atoms with E-state index in [0.29, 0.717) is 6.61 Å². The van der Waals surface area contributed by atoms with Gasteiger partial charge < -0.3 is 4.74 Å². The van der Waals surface area contributed by atoms with Crippen LogP contribution in [0.4, 0.5) is 0 Å². The van der Waals surface area contributed by atoms with Gasteiger partial charge in [-0.15, -0.1) is 0 Å². The van der Waals surface area contributed by atoms with Crippen LogP contribution in [0.2, 0.25) is 0 Å². The summed E-state index contributed by atoms with van der Waals surface area (Å²) in [5, 5.41) is 9.15. The third kappa shape index (κ3) is 11.8. The van der Waals surface area contributed by atoms with Gasteiger partial charge in [-0.3, -0.25) is 0 Å². The van der Waals surface area contributed by atoms with Crippen molar-refractivity contribution in [1.82, 2.24) is 0 Å². The summed E-state index contributed by atoms with van der Waals surface area (Å²) >= 11 is 0. The molecular weight excluding hydrogens is 258 g/mol. The molecule has 0 aliphatic heterocycles. The van der Waals surface area contributed by atoms with E-state index in [-0.39, 0.29) is 5.41 Å². The van der Waals surface area contributed by atoms with E-state index >= 15 is 0 Å². The lowest BCUT2D eigenvalue weighted by molar-refractivity contribution is -0.0627. The zero-order valence-corrected chi connectivity index (χ0v) is 15.7. The molecular formula is C19H39NO. The van der Waals surface area contributed by atoms with E-state index in [4.69, 9.17) is 10.00 Å². The van der Waals surface area contributed by atoms with Crippen LogP contribution < -0.4 is 0 Å². The van der Waals surface area contributed by atoms with Crippen LogP contribution in [0.1, 0.15) is 99.8 Å². The van der Waals surface area contributed by atoms with Crippen molar-refractivity contribution in [3.8, 4) is 6.07 Å². The molecule has 0 aliphatic carbocycles. The van der Waals surface area contributed by atoms with Crippen LogP contribution in [0.15, 0.2) is 0 Å². The third-order valence-electron chi connectivity index (χ3n) is 3.99. The molecule has 0 aromatic rings. The van der Waals surface area contributed by atoms with Crippen molar-refractivity contribution >= 4 is 0 Å². The third-order valence-corrected chi connectivity index (χ3v) is 3.99. The zero-order chi connectivity index (χ0) is 16.8. The zero-order valence-electron chi connectivity index (χ0n) is 15.7. The number of unbranched alkanes of at least 4 members (excludes halogenated alkanes) is 6. The summed E-state index contributed by atoms with van der Waals surface area (Å²) in [5.74, 6) is 0. The maximum atomic E-state index is 9.15. The first-order chi connectivity index (χ1) is 9.79. The van der Waals surface area contributed by atoms with E-state index in [1.54, 1.807) is 0 Å². The Morgan fingerprint density at radius 2 is 1.19 bits per heavy atom. The van der Waals surface area contributed by atoms with Crippen LogP contribution in [-0.4, -0.2) is 12.2 Å². The molecule has 0 saturated carbocycles. The fourth-order valence-electron chi connectivity index (χ4n) is 1.72. The molecule has 0 spiro atoms. The second-order valence-electron chi connectivity index (χ2n) is 7.01. The van der Waals surface area contributed by atoms with Crippen LogP contribution in [0.3, 0.4) is 0 Å². The predicted octanol–water partition coefficient (Wildman–Crippen LogP) is 6.50. The minimum absolute atomic E-state index is 0.132. The summed E-state index contributed by atoms with van der Waals surface area (Å²) in [6.45, 7) is 15.4. The molecule has 126 valence electrons. The lowest BCUT2D eigenvalue weighted by Gasteiger charge is -2.35. The molecule has 0 radical (unpaired) electrons. The lowest BCUT2D eigenvalue weighted by Crippen LogP contribution is -2.41. The molecule has 1 atom stereocenters. The molecule has 0 aromatic carbocycles. The van der Waals surface area contributed by atoms with Gasteiger partial charge >= 0.3 is 0 Å². The average molecular weight is 298 g/mol. The van der Waals surface area contributed by atoms with Crippen LogP contribution in [-0.2, 0) is 4.74 Å².